The highest BCUT2D eigenvalue weighted by molar-refractivity contribution is 5.73. The number of carbonyl (C=O) groups is 1. The molecule has 0 spiro atoms. The molecule has 0 fully saturated rings. The van der Waals surface area contributed by atoms with Gasteiger partial charge in [-0.15, -0.1) is 0 Å². The molecule has 1 rings (SSSR count). The third-order valence-corrected chi connectivity index (χ3v) is 2.36. The van der Waals surface area contributed by atoms with Gasteiger partial charge in [-0.1, -0.05) is 23.4 Å². The van der Waals surface area contributed by atoms with E-state index in [9.17, 15) is 4.79 Å². The van der Waals surface area contributed by atoms with Crippen molar-refractivity contribution in [2.24, 2.45) is 5.73 Å². The topological polar surface area (TPSA) is 81.2 Å². The normalized spacial score (nSPS) is 12.4. The van der Waals surface area contributed by atoms with Gasteiger partial charge in [0, 0.05) is 18.5 Å². The Morgan fingerprint density at radius 1 is 1.53 bits per heavy atom. The number of hydrogen-bond donors (Lipinski definition) is 2. The molecule has 0 saturated heterocycles. The molecule has 0 aromatic carbocycles. The molecule has 1 aromatic heterocycles. The summed E-state index contributed by atoms with van der Waals surface area (Å²) >= 11 is 0. The maximum Gasteiger partial charge on any atom is 0.217 e. The fourth-order valence-electron chi connectivity index (χ4n) is 1.16. The largest absolute Gasteiger partial charge is 0.370 e. The first-order valence-electron chi connectivity index (χ1n) is 6.25. The molecule has 0 aliphatic rings. The number of primary amides is 1. The maximum absolute atomic E-state index is 10.6. The summed E-state index contributed by atoms with van der Waals surface area (Å²) < 4.78 is 4.90. The van der Waals surface area contributed by atoms with Crippen molar-refractivity contribution < 1.29 is 9.32 Å². The molecule has 0 aliphatic carbocycles. The lowest BCUT2D eigenvalue weighted by Crippen LogP contribution is -2.24. The van der Waals surface area contributed by atoms with Crippen molar-refractivity contribution >= 4 is 12.0 Å². The van der Waals surface area contributed by atoms with Crippen LogP contribution in [0.2, 0.25) is 0 Å². The van der Waals surface area contributed by atoms with E-state index in [2.05, 4.69) is 10.5 Å². The minimum absolute atomic E-state index is 0.114. The van der Waals surface area contributed by atoms with Crippen molar-refractivity contribution in [2.45, 2.75) is 32.7 Å². The summed E-state index contributed by atoms with van der Waals surface area (Å²) in [5.74, 6) is 0.401. The first-order valence-corrected chi connectivity index (χ1v) is 6.25. The van der Waals surface area contributed by atoms with E-state index < -0.39 is 0 Å². The van der Waals surface area contributed by atoms with Crippen molar-refractivity contribution in [3.8, 4) is 0 Å². The Hall–Kier alpha value is -1.88. The number of likely N-dealkylation sites (N-methyl/N-ethyl adjacent to an activating group) is 1. The van der Waals surface area contributed by atoms with E-state index in [1.807, 2.05) is 45.2 Å². The summed E-state index contributed by atoms with van der Waals surface area (Å²) in [5, 5.41) is 6.64. The van der Waals surface area contributed by atoms with Crippen molar-refractivity contribution in [3.63, 3.8) is 0 Å². The van der Waals surface area contributed by atoms with Gasteiger partial charge in [0.05, 0.1) is 6.20 Å². The van der Waals surface area contributed by atoms with E-state index in [1.54, 1.807) is 12.3 Å². The minimum atomic E-state index is -0.289. The molecule has 1 heterocycles. The Morgan fingerprint density at radius 3 is 2.63 bits per heavy atom. The second kappa shape index (κ2) is 11.2. The molecule has 0 radical (unpaired) electrons. The number of carbonyl (C=O) groups excluding carboxylic acids is 1. The summed E-state index contributed by atoms with van der Waals surface area (Å²) in [6.45, 7) is 4.00. The smallest absolute Gasteiger partial charge is 0.217 e. The van der Waals surface area contributed by atoms with Gasteiger partial charge in [-0.3, -0.25) is 4.79 Å². The van der Waals surface area contributed by atoms with Gasteiger partial charge in [0.2, 0.25) is 5.91 Å². The summed E-state index contributed by atoms with van der Waals surface area (Å²) in [5.41, 5.74) is 5.07. The lowest BCUT2D eigenvalue weighted by atomic mass is 10.1. The summed E-state index contributed by atoms with van der Waals surface area (Å²) in [6.07, 6.45) is 10.4. The molecule has 1 unspecified atom stereocenters. The number of rotatable bonds is 6. The molecule has 1 amide bonds. The Labute approximate surface area is 114 Å². The highest BCUT2D eigenvalue weighted by Gasteiger charge is 2.03. The Morgan fingerprint density at radius 2 is 2.21 bits per heavy atom. The van der Waals surface area contributed by atoms with Crippen LogP contribution in [-0.4, -0.2) is 24.2 Å². The minimum Gasteiger partial charge on any atom is -0.370 e. The highest BCUT2D eigenvalue weighted by Crippen LogP contribution is 2.04. The van der Waals surface area contributed by atoms with E-state index in [-0.39, 0.29) is 11.9 Å². The van der Waals surface area contributed by atoms with Gasteiger partial charge >= 0.3 is 0 Å². The molecule has 19 heavy (non-hydrogen) atoms. The summed E-state index contributed by atoms with van der Waals surface area (Å²) in [4.78, 5) is 10.6. The molecule has 1 aromatic rings. The molecule has 5 heteroatoms. The van der Waals surface area contributed by atoms with Crippen molar-refractivity contribution in [3.05, 3.63) is 36.3 Å². The lowest BCUT2D eigenvalue weighted by Gasteiger charge is -2.09. The van der Waals surface area contributed by atoms with Gasteiger partial charge in [-0.05, 0) is 33.4 Å². The highest BCUT2D eigenvalue weighted by atomic mass is 16.5. The van der Waals surface area contributed by atoms with Crippen LogP contribution < -0.4 is 11.1 Å². The van der Waals surface area contributed by atoms with Gasteiger partial charge in [0.25, 0.3) is 0 Å². The predicted molar refractivity (Wildman–Crippen MR) is 77.3 cm³/mol. The van der Waals surface area contributed by atoms with E-state index in [4.69, 9.17) is 10.3 Å². The Balaban J connectivity index is 0.000000711. The van der Waals surface area contributed by atoms with Crippen LogP contribution in [0.1, 0.15) is 32.4 Å². The van der Waals surface area contributed by atoms with Gasteiger partial charge < -0.3 is 15.6 Å². The molecule has 5 nitrogen and oxygen atoms in total. The number of nitrogens with one attached hydrogen (secondary N) is 1. The zero-order valence-corrected chi connectivity index (χ0v) is 11.8. The van der Waals surface area contributed by atoms with Gasteiger partial charge in [0.15, 0.2) is 5.76 Å². The van der Waals surface area contributed by atoms with Crippen LogP contribution >= 0.6 is 0 Å². The molecule has 0 saturated carbocycles. The quantitative estimate of drug-likeness (QED) is 0.772. The van der Waals surface area contributed by atoms with Gasteiger partial charge in [0.1, 0.15) is 0 Å². The summed E-state index contributed by atoms with van der Waals surface area (Å²) in [6, 6.07) is 1.87. The van der Waals surface area contributed by atoms with Crippen molar-refractivity contribution in [2.75, 3.05) is 7.05 Å². The molecule has 0 aliphatic heterocycles. The van der Waals surface area contributed by atoms with Crippen LogP contribution in [0, 0.1) is 0 Å². The van der Waals surface area contributed by atoms with Gasteiger partial charge in [-0.25, -0.2) is 0 Å². The van der Waals surface area contributed by atoms with E-state index in [0.717, 1.165) is 0 Å². The summed E-state index contributed by atoms with van der Waals surface area (Å²) in [7, 11) is 1.83. The maximum atomic E-state index is 10.6. The zero-order chi connectivity index (χ0) is 14.5. The Bertz CT molecular complexity index is 379. The SMILES string of the molecule is C/C=C\C.CNC(/C=C/c1ccno1)CCC(N)=O. The van der Waals surface area contributed by atoms with Crippen LogP contribution in [0.3, 0.4) is 0 Å². The van der Waals surface area contributed by atoms with Crippen LogP contribution in [0.5, 0.6) is 0 Å². The molecule has 3 N–H and O–H groups in total. The second-order valence-corrected chi connectivity index (χ2v) is 3.84. The Kier molecular flexibility index (Phi) is 10.1. The average Bonchev–Trinajstić information content (AvgIpc) is 2.92. The van der Waals surface area contributed by atoms with Crippen molar-refractivity contribution in [1.29, 1.82) is 0 Å². The predicted octanol–water partition coefficient (Wildman–Crippen LogP) is 2.12. The van der Waals surface area contributed by atoms with Gasteiger partial charge in [-0.2, -0.15) is 0 Å². The number of nitrogens with two attached hydrogens (primary N) is 1. The fraction of sp³-hybridized carbons (Fsp3) is 0.429. The molecular weight excluding hydrogens is 242 g/mol. The van der Waals surface area contributed by atoms with Crippen LogP contribution in [0.25, 0.3) is 6.08 Å². The van der Waals surface area contributed by atoms with Crippen LogP contribution in [-0.2, 0) is 4.79 Å². The fourth-order valence-corrected chi connectivity index (χ4v) is 1.16. The zero-order valence-electron chi connectivity index (χ0n) is 11.8. The number of hydrogen-bond acceptors (Lipinski definition) is 4. The van der Waals surface area contributed by atoms with Crippen LogP contribution in [0.15, 0.2) is 35.0 Å². The molecule has 1 atom stereocenters. The third kappa shape index (κ3) is 9.79. The number of aromatic nitrogens is 1. The van der Waals surface area contributed by atoms with Crippen LogP contribution in [0.4, 0.5) is 0 Å². The van der Waals surface area contributed by atoms with Crippen molar-refractivity contribution in [1.82, 2.24) is 10.5 Å². The molecule has 106 valence electrons. The van der Waals surface area contributed by atoms with E-state index >= 15 is 0 Å². The van der Waals surface area contributed by atoms with E-state index in [1.165, 1.54) is 0 Å². The van der Waals surface area contributed by atoms with E-state index in [0.29, 0.717) is 18.6 Å². The second-order valence-electron chi connectivity index (χ2n) is 3.84. The number of amides is 1. The standard InChI is InChI=1S/C10H15N3O2.C4H8/c1-12-8(3-5-10(11)14)2-4-9-6-7-13-15-9;1-3-4-2/h2,4,6-8,12H,3,5H2,1H3,(H2,11,14);3-4H,1-2H3/b4-2+;4-3-. The average molecular weight is 265 g/mol. The first kappa shape index (κ1) is 17.1. The lowest BCUT2D eigenvalue weighted by molar-refractivity contribution is -0.118. The first-order chi connectivity index (χ1) is 9.13. The molecule has 0 bridgehead atoms. The number of nitrogens with zero attached hydrogens (tertiary/aromatic N) is 1. The molecular formula is C14H23N3O2. The third-order valence-electron chi connectivity index (χ3n) is 2.36. The monoisotopic (exact) mass is 265 g/mol. The number of allylic oxidation sites excluding steroid dienone is 2.